The highest BCUT2D eigenvalue weighted by molar-refractivity contribution is 7.99. The Morgan fingerprint density at radius 1 is 1.21 bits per heavy atom. The number of imidazole rings is 1. The highest BCUT2D eigenvalue weighted by Gasteiger charge is 2.27. The van der Waals surface area contributed by atoms with E-state index < -0.39 is 0 Å². The van der Waals surface area contributed by atoms with Crippen molar-refractivity contribution in [3.05, 3.63) is 59.9 Å². The number of nitrogens with zero attached hydrogens (tertiary/aromatic N) is 1. The lowest BCUT2D eigenvalue weighted by Gasteiger charge is -2.28. The van der Waals surface area contributed by atoms with Crippen LogP contribution in [0.3, 0.4) is 0 Å². The Morgan fingerprint density at radius 3 is 2.92 bits per heavy atom. The molecule has 0 saturated carbocycles. The zero-order chi connectivity index (χ0) is 16.4. The molecule has 0 amide bonds. The quantitative estimate of drug-likeness (QED) is 0.655. The van der Waals surface area contributed by atoms with Crippen LogP contribution in [0.4, 0.5) is 0 Å². The molecule has 0 bridgehead atoms. The number of benzene rings is 2. The van der Waals surface area contributed by atoms with Gasteiger partial charge in [0.05, 0.1) is 17.1 Å². The average molecular weight is 338 g/mol. The van der Waals surface area contributed by atoms with Crippen LogP contribution in [0, 0.1) is 0 Å². The van der Waals surface area contributed by atoms with Crippen LogP contribution < -0.4 is 0 Å². The minimum atomic E-state index is 0.171. The number of thioether (sulfide) groups is 1. The number of ether oxygens (including phenoxy) is 1. The summed E-state index contributed by atoms with van der Waals surface area (Å²) in [6.45, 7) is 2.97. The second-order valence-corrected chi connectivity index (χ2v) is 7.56. The summed E-state index contributed by atoms with van der Waals surface area (Å²) in [6.07, 6.45) is 2.18. The molecule has 4 rings (SSSR count). The fourth-order valence-corrected chi connectivity index (χ4v) is 4.10. The van der Waals surface area contributed by atoms with Crippen molar-refractivity contribution in [3.63, 3.8) is 0 Å². The first kappa shape index (κ1) is 15.7. The molecular weight excluding hydrogens is 316 g/mol. The number of hydrogen-bond acceptors (Lipinski definition) is 3. The topological polar surface area (TPSA) is 37.9 Å². The number of aromatic nitrogens is 2. The summed E-state index contributed by atoms with van der Waals surface area (Å²) in [6, 6.07) is 17.0. The Balaban J connectivity index is 1.57. The van der Waals surface area contributed by atoms with Gasteiger partial charge in [0.2, 0.25) is 0 Å². The van der Waals surface area contributed by atoms with E-state index in [1.165, 1.54) is 10.5 Å². The van der Waals surface area contributed by atoms with Crippen LogP contribution in [0.15, 0.2) is 53.4 Å². The molecule has 3 nitrogen and oxygen atoms in total. The van der Waals surface area contributed by atoms with Crippen LogP contribution in [0.2, 0.25) is 0 Å². The van der Waals surface area contributed by atoms with Gasteiger partial charge >= 0.3 is 0 Å². The molecule has 1 saturated heterocycles. The summed E-state index contributed by atoms with van der Waals surface area (Å²) in [5.41, 5.74) is 3.47. The van der Waals surface area contributed by atoms with Crippen molar-refractivity contribution in [1.82, 2.24) is 9.97 Å². The van der Waals surface area contributed by atoms with Crippen LogP contribution in [0.25, 0.3) is 11.0 Å². The normalized spacial score (nSPS) is 21.2. The monoisotopic (exact) mass is 338 g/mol. The van der Waals surface area contributed by atoms with Crippen molar-refractivity contribution in [2.45, 2.75) is 36.7 Å². The first-order valence-electron chi connectivity index (χ1n) is 8.62. The minimum Gasteiger partial charge on any atom is -0.373 e. The van der Waals surface area contributed by atoms with Crippen LogP contribution in [0.1, 0.15) is 43.2 Å². The molecule has 4 heteroatoms. The molecule has 124 valence electrons. The van der Waals surface area contributed by atoms with Gasteiger partial charge in [-0.15, -0.1) is 11.8 Å². The van der Waals surface area contributed by atoms with E-state index in [0.29, 0.717) is 5.92 Å². The molecule has 1 N–H and O–H groups in total. The van der Waals surface area contributed by atoms with E-state index >= 15 is 0 Å². The van der Waals surface area contributed by atoms with E-state index in [1.54, 1.807) is 0 Å². The number of aromatic amines is 1. The number of H-pyrrole nitrogens is 1. The predicted molar refractivity (Wildman–Crippen MR) is 99.6 cm³/mol. The average Bonchev–Trinajstić information content (AvgIpc) is 3.06. The molecule has 24 heavy (non-hydrogen) atoms. The van der Waals surface area contributed by atoms with E-state index in [0.717, 1.165) is 42.1 Å². The molecule has 0 aliphatic carbocycles. The lowest BCUT2D eigenvalue weighted by atomic mass is 9.91. The maximum Gasteiger partial charge on any atom is 0.110 e. The third-order valence-corrected chi connectivity index (χ3v) is 5.50. The first-order chi connectivity index (χ1) is 11.8. The van der Waals surface area contributed by atoms with Crippen LogP contribution >= 0.6 is 11.8 Å². The minimum absolute atomic E-state index is 0.171. The number of fused-ring (bicyclic) bond motifs is 1. The predicted octanol–water partition coefficient (Wildman–Crippen LogP) is 5.31. The molecule has 0 spiro atoms. The standard InChI is InChI=1S/C20H22N2OS/c1-2-24-16-8-9-17-18(13-16)22-20(21-17)15-10-11-23-19(12-15)14-6-4-3-5-7-14/h3-9,13,15,19H,2,10-12H2,1H3,(H,21,22). The molecule has 2 aromatic carbocycles. The summed E-state index contributed by atoms with van der Waals surface area (Å²) in [5, 5.41) is 0. The zero-order valence-corrected chi connectivity index (χ0v) is 14.7. The van der Waals surface area contributed by atoms with Gasteiger partial charge in [0.1, 0.15) is 5.82 Å². The number of nitrogens with one attached hydrogen (secondary N) is 1. The Labute approximate surface area is 146 Å². The van der Waals surface area contributed by atoms with Crippen molar-refractivity contribution < 1.29 is 4.74 Å². The Morgan fingerprint density at radius 2 is 2.08 bits per heavy atom. The molecule has 1 fully saturated rings. The van der Waals surface area contributed by atoms with Gasteiger partial charge in [0.15, 0.2) is 0 Å². The summed E-state index contributed by atoms with van der Waals surface area (Å²) in [4.78, 5) is 9.70. The summed E-state index contributed by atoms with van der Waals surface area (Å²) < 4.78 is 6.00. The van der Waals surface area contributed by atoms with Gasteiger partial charge in [-0.05, 0) is 42.4 Å². The highest BCUT2D eigenvalue weighted by Crippen LogP contribution is 2.37. The van der Waals surface area contributed by atoms with E-state index in [4.69, 9.17) is 9.72 Å². The molecule has 0 radical (unpaired) electrons. The second kappa shape index (κ2) is 6.99. The van der Waals surface area contributed by atoms with Gasteiger partial charge in [-0.1, -0.05) is 37.3 Å². The van der Waals surface area contributed by atoms with E-state index in [2.05, 4.69) is 60.4 Å². The van der Waals surface area contributed by atoms with Gasteiger partial charge in [-0.2, -0.15) is 0 Å². The lowest BCUT2D eigenvalue weighted by Crippen LogP contribution is -2.19. The summed E-state index contributed by atoms with van der Waals surface area (Å²) in [5.74, 6) is 2.62. The van der Waals surface area contributed by atoms with Crippen molar-refractivity contribution in [1.29, 1.82) is 0 Å². The van der Waals surface area contributed by atoms with Crippen molar-refractivity contribution in [2.24, 2.45) is 0 Å². The Kier molecular flexibility index (Phi) is 4.58. The van der Waals surface area contributed by atoms with Gasteiger partial charge < -0.3 is 9.72 Å². The zero-order valence-electron chi connectivity index (χ0n) is 13.9. The van der Waals surface area contributed by atoms with Crippen LogP contribution in [-0.4, -0.2) is 22.3 Å². The van der Waals surface area contributed by atoms with Crippen molar-refractivity contribution in [2.75, 3.05) is 12.4 Å². The van der Waals surface area contributed by atoms with Crippen molar-refractivity contribution >= 4 is 22.8 Å². The fourth-order valence-electron chi connectivity index (χ4n) is 3.40. The molecule has 2 atom stereocenters. The molecule has 3 aromatic rings. The van der Waals surface area contributed by atoms with E-state index in [-0.39, 0.29) is 6.10 Å². The third-order valence-electron chi connectivity index (χ3n) is 4.62. The van der Waals surface area contributed by atoms with Gasteiger partial charge in [0, 0.05) is 17.4 Å². The van der Waals surface area contributed by atoms with Crippen molar-refractivity contribution in [3.8, 4) is 0 Å². The molecule has 2 heterocycles. The molecule has 1 aliphatic heterocycles. The third kappa shape index (κ3) is 3.21. The van der Waals surface area contributed by atoms with Crippen LogP contribution in [-0.2, 0) is 4.74 Å². The maximum absolute atomic E-state index is 6.00. The van der Waals surface area contributed by atoms with E-state index in [9.17, 15) is 0 Å². The number of hydrogen-bond donors (Lipinski definition) is 1. The number of rotatable bonds is 4. The molecule has 2 unspecified atom stereocenters. The molecule has 1 aromatic heterocycles. The first-order valence-corrected chi connectivity index (χ1v) is 9.61. The lowest BCUT2D eigenvalue weighted by molar-refractivity contribution is 0.00412. The highest BCUT2D eigenvalue weighted by atomic mass is 32.2. The van der Waals surface area contributed by atoms with Gasteiger partial charge in [-0.3, -0.25) is 0 Å². The smallest absolute Gasteiger partial charge is 0.110 e. The Bertz CT molecular complexity index is 815. The van der Waals surface area contributed by atoms with Gasteiger partial charge in [0.25, 0.3) is 0 Å². The van der Waals surface area contributed by atoms with Gasteiger partial charge in [-0.25, -0.2) is 4.98 Å². The Hall–Kier alpha value is -1.78. The van der Waals surface area contributed by atoms with E-state index in [1.807, 2.05) is 11.8 Å². The summed E-state index contributed by atoms with van der Waals surface area (Å²) >= 11 is 1.86. The fraction of sp³-hybridized carbons (Fsp3) is 0.350. The molecular formula is C20H22N2OS. The summed E-state index contributed by atoms with van der Waals surface area (Å²) in [7, 11) is 0. The van der Waals surface area contributed by atoms with Crippen LogP contribution in [0.5, 0.6) is 0 Å². The second-order valence-electron chi connectivity index (χ2n) is 6.23. The maximum atomic E-state index is 6.00. The SMILES string of the molecule is CCSc1ccc2nc(C3CCOC(c4ccccc4)C3)[nH]c2c1. The molecule has 1 aliphatic rings. The largest absolute Gasteiger partial charge is 0.373 e.